The fourth-order valence-electron chi connectivity index (χ4n) is 2.02. The third-order valence-corrected chi connectivity index (χ3v) is 2.94. The molecule has 2 aromatic heterocycles. The molecule has 3 aromatic rings. The molecule has 0 unspecified atom stereocenters. The molecule has 0 saturated carbocycles. The van der Waals surface area contributed by atoms with Gasteiger partial charge in [0.2, 0.25) is 0 Å². The number of nitrogens with two attached hydrogens (primary N) is 1. The minimum absolute atomic E-state index is 0.691. The van der Waals surface area contributed by atoms with Gasteiger partial charge in [0.05, 0.1) is 11.2 Å². The minimum atomic E-state index is 0.691. The van der Waals surface area contributed by atoms with E-state index in [2.05, 4.69) is 25.5 Å². The fraction of sp³-hybridized carbons (Fsp3) is 0.154. The van der Waals surface area contributed by atoms with Gasteiger partial charge in [-0.05, 0) is 12.1 Å². The van der Waals surface area contributed by atoms with Crippen molar-refractivity contribution in [1.82, 2.24) is 20.2 Å². The van der Waals surface area contributed by atoms with E-state index in [4.69, 9.17) is 5.73 Å². The number of pyridine rings is 1. The zero-order valence-corrected chi connectivity index (χ0v) is 10.3. The summed E-state index contributed by atoms with van der Waals surface area (Å²) in [5.74, 6) is 0.866. The lowest BCUT2D eigenvalue weighted by molar-refractivity contribution is 0.902. The molecular weight excluding hydrogens is 240 g/mol. The van der Waals surface area contributed by atoms with Gasteiger partial charge in [-0.25, -0.2) is 4.98 Å². The number of nitrogens with zero attached hydrogens (tertiary/aromatic N) is 3. The molecule has 6 nitrogen and oxygen atoms in total. The van der Waals surface area contributed by atoms with Crippen molar-refractivity contribution < 1.29 is 0 Å². The lowest BCUT2D eigenvalue weighted by Crippen LogP contribution is -2.06. The summed E-state index contributed by atoms with van der Waals surface area (Å²) >= 11 is 0. The molecule has 1 aromatic carbocycles. The third kappa shape index (κ3) is 2.33. The summed E-state index contributed by atoms with van der Waals surface area (Å²) in [5, 5.41) is 11.1. The largest absolute Gasteiger partial charge is 0.397 e. The van der Waals surface area contributed by atoms with Crippen LogP contribution in [0.15, 0.2) is 36.8 Å². The molecule has 0 aliphatic carbocycles. The average molecular weight is 254 g/mol. The van der Waals surface area contributed by atoms with Crippen LogP contribution in [-0.4, -0.2) is 26.7 Å². The first kappa shape index (κ1) is 11.5. The first-order chi connectivity index (χ1) is 9.34. The van der Waals surface area contributed by atoms with E-state index in [1.807, 2.05) is 24.3 Å². The second kappa shape index (κ2) is 4.93. The Morgan fingerprint density at radius 3 is 3.00 bits per heavy atom. The first-order valence-electron chi connectivity index (χ1n) is 6.06. The standard InChI is InChI=1S/C13H14N6/c14-10-3-1-2-9-11(4-6-16-13(9)10)15-7-5-12-17-8-18-19-12/h1-4,6,8H,5,7,14H2,(H,15,16)(H,17,18,19). The quantitative estimate of drug-likeness (QED) is 0.615. The molecule has 0 atom stereocenters. The van der Waals surface area contributed by atoms with E-state index < -0.39 is 0 Å². The van der Waals surface area contributed by atoms with E-state index in [0.29, 0.717) is 5.69 Å². The lowest BCUT2D eigenvalue weighted by atomic mass is 10.1. The molecule has 4 N–H and O–H groups in total. The van der Waals surface area contributed by atoms with Crippen molar-refractivity contribution >= 4 is 22.3 Å². The van der Waals surface area contributed by atoms with Crippen LogP contribution in [0.4, 0.5) is 11.4 Å². The number of H-pyrrole nitrogens is 1. The number of para-hydroxylation sites is 1. The van der Waals surface area contributed by atoms with Crippen molar-refractivity contribution in [1.29, 1.82) is 0 Å². The Morgan fingerprint density at radius 2 is 2.16 bits per heavy atom. The van der Waals surface area contributed by atoms with Gasteiger partial charge in [0.15, 0.2) is 0 Å². The van der Waals surface area contributed by atoms with E-state index >= 15 is 0 Å². The van der Waals surface area contributed by atoms with Gasteiger partial charge < -0.3 is 11.1 Å². The highest BCUT2D eigenvalue weighted by Gasteiger charge is 2.04. The summed E-state index contributed by atoms with van der Waals surface area (Å²) < 4.78 is 0. The van der Waals surface area contributed by atoms with Gasteiger partial charge in [0.1, 0.15) is 12.2 Å². The van der Waals surface area contributed by atoms with Gasteiger partial charge in [0.25, 0.3) is 0 Å². The number of benzene rings is 1. The summed E-state index contributed by atoms with van der Waals surface area (Å²) in [5.41, 5.74) is 8.46. The van der Waals surface area contributed by atoms with Crippen molar-refractivity contribution in [2.75, 3.05) is 17.6 Å². The fourth-order valence-corrected chi connectivity index (χ4v) is 2.02. The highest BCUT2D eigenvalue weighted by Crippen LogP contribution is 2.25. The zero-order chi connectivity index (χ0) is 13.1. The molecule has 2 heterocycles. The van der Waals surface area contributed by atoms with Crippen LogP contribution in [0.5, 0.6) is 0 Å². The van der Waals surface area contributed by atoms with E-state index in [9.17, 15) is 0 Å². The summed E-state index contributed by atoms with van der Waals surface area (Å²) in [7, 11) is 0. The predicted molar refractivity (Wildman–Crippen MR) is 74.7 cm³/mol. The lowest BCUT2D eigenvalue weighted by Gasteiger charge is -2.09. The van der Waals surface area contributed by atoms with Crippen molar-refractivity contribution in [3.05, 3.63) is 42.6 Å². The van der Waals surface area contributed by atoms with E-state index in [1.165, 1.54) is 6.33 Å². The Balaban J connectivity index is 1.79. The Kier molecular flexibility index (Phi) is 2.97. The molecule has 96 valence electrons. The predicted octanol–water partition coefficient (Wildman–Crippen LogP) is 1.59. The first-order valence-corrected chi connectivity index (χ1v) is 6.06. The molecule has 0 aliphatic rings. The number of hydrogen-bond acceptors (Lipinski definition) is 5. The van der Waals surface area contributed by atoms with Crippen LogP contribution >= 0.6 is 0 Å². The summed E-state index contributed by atoms with van der Waals surface area (Å²) in [4.78, 5) is 8.39. The van der Waals surface area contributed by atoms with Crippen LogP contribution in [0.3, 0.4) is 0 Å². The van der Waals surface area contributed by atoms with Crippen LogP contribution in [0.25, 0.3) is 10.9 Å². The normalized spacial score (nSPS) is 10.7. The summed E-state index contributed by atoms with van der Waals surface area (Å²) in [6.07, 6.45) is 4.06. The number of aromatic nitrogens is 4. The van der Waals surface area contributed by atoms with E-state index in [0.717, 1.165) is 35.4 Å². The number of nitrogens with one attached hydrogen (secondary N) is 2. The van der Waals surface area contributed by atoms with Crippen molar-refractivity contribution in [2.24, 2.45) is 0 Å². The molecule has 0 spiro atoms. The number of fused-ring (bicyclic) bond motifs is 1. The number of nitrogen functional groups attached to an aromatic ring is 1. The van der Waals surface area contributed by atoms with Crippen LogP contribution in [0, 0.1) is 0 Å². The van der Waals surface area contributed by atoms with Crippen LogP contribution in [0.1, 0.15) is 5.82 Å². The maximum absolute atomic E-state index is 5.92. The second-order valence-corrected chi connectivity index (χ2v) is 4.21. The average Bonchev–Trinajstić information content (AvgIpc) is 2.93. The Morgan fingerprint density at radius 1 is 1.21 bits per heavy atom. The van der Waals surface area contributed by atoms with Crippen LogP contribution in [-0.2, 0) is 6.42 Å². The maximum atomic E-state index is 5.92. The molecule has 0 fully saturated rings. The maximum Gasteiger partial charge on any atom is 0.137 e. The van der Waals surface area contributed by atoms with Crippen LogP contribution in [0.2, 0.25) is 0 Å². The monoisotopic (exact) mass is 254 g/mol. The molecular formula is C13H14N6. The molecule has 0 saturated heterocycles. The Hall–Kier alpha value is -2.63. The Labute approximate surface area is 110 Å². The molecule has 0 radical (unpaired) electrons. The number of anilines is 2. The number of rotatable bonds is 4. The molecule has 0 aliphatic heterocycles. The van der Waals surface area contributed by atoms with Crippen molar-refractivity contribution in [3.63, 3.8) is 0 Å². The third-order valence-electron chi connectivity index (χ3n) is 2.94. The molecule has 6 heteroatoms. The summed E-state index contributed by atoms with van der Waals surface area (Å²) in [6, 6.07) is 7.74. The second-order valence-electron chi connectivity index (χ2n) is 4.21. The van der Waals surface area contributed by atoms with Gasteiger partial charge in [-0.1, -0.05) is 12.1 Å². The van der Waals surface area contributed by atoms with E-state index in [-0.39, 0.29) is 0 Å². The Bertz CT molecular complexity index is 677. The molecule has 19 heavy (non-hydrogen) atoms. The van der Waals surface area contributed by atoms with E-state index in [1.54, 1.807) is 6.20 Å². The topological polar surface area (TPSA) is 92.5 Å². The zero-order valence-electron chi connectivity index (χ0n) is 10.3. The van der Waals surface area contributed by atoms with Gasteiger partial charge in [0, 0.05) is 30.2 Å². The number of aromatic amines is 1. The van der Waals surface area contributed by atoms with Crippen molar-refractivity contribution in [3.8, 4) is 0 Å². The van der Waals surface area contributed by atoms with Crippen molar-refractivity contribution in [2.45, 2.75) is 6.42 Å². The summed E-state index contributed by atoms with van der Waals surface area (Å²) in [6.45, 7) is 0.767. The molecule has 0 amide bonds. The van der Waals surface area contributed by atoms with Gasteiger partial charge >= 0.3 is 0 Å². The van der Waals surface area contributed by atoms with Crippen LogP contribution < -0.4 is 11.1 Å². The van der Waals surface area contributed by atoms with Gasteiger partial charge in [-0.15, -0.1) is 0 Å². The molecule has 0 bridgehead atoms. The smallest absolute Gasteiger partial charge is 0.137 e. The molecule has 3 rings (SSSR count). The highest BCUT2D eigenvalue weighted by molar-refractivity contribution is 5.97. The minimum Gasteiger partial charge on any atom is -0.397 e. The highest BCUT2D eigenvalue weighted by atomic mass is 15.2. The number of hydrogen-bond donors (Lipinski definition) is 3. The van der Waals surface area contributed by atoms with Gasteiger partial charge in [-0.2, -0.15) is 5.10 Å². The SMILES string of the molecule is Nc1cccc2c(NCCc3ncn[nH]3)ccnc12. The van der Waals surface area contributed by atoms with Gasteiger partial charge in [-0.3, -0.25) is 10.1 Å².